The van der Waals surface area contributed by atoms with E-state index in [-0.39, 0.29) is 6.04 Å². The molecule has 0 aliphatic heterocycles. The molecule has 0 spiro atoms. The number of benzene rings is 1. The van der Waals surface area contributed by atoms with E-state index in [0.717, 1.165) is 35.0 Å². The van der Waals surface area contributed by atoms with Crippen molar-refractivity contribution in [3.63, 3.8) is 0 Å². The average molecular weight is 219 g/mol. The fraction of sp³-hybridized carbons (Fsp3) is 0.500. The zero-order valence-electron chi connectivity index (χ0n) is 10.6. The van der Waals surface area contributed by atoms with E-state index in [2.05, 4.69) is 13.8 Å². The summed E-state index contributed by atoms with van der Waals surface area (Å²) in [4.78, 5) is 10.8. The molecule has 16 heavy (non-hydrogen) atoms. The molecule has 0 bridgehead atoms. The lowest BCUT2D eigenvalue weighted by molar-refractivity contribution is 0.112. The van der Waals surface area contributed by atoms with E-state index in [4.69, 9.17) is 5.73 Å². The minimum Gasteiger partial charge on any atom is -0.324 e. The molecule has 0 radical (unpaired) electrons. The molecular formula is C14H21NO. The lowest BCUT2D eigenvalue weighted by atomic mass is 9.91. The monoisotopic (exact) mass is 219 g/mol. The van der Waals surface area contributed by atoms with Gasteiger partial charge >= 0.3 is 0 Å². The van der Waals surface area contributed by atoms with E-state index in [9.17, 15) is 4.79 Å². The van der Waals surface area contributed by atoms with Crippen LogP contribution in [0.25, 0.3) is 0 Å². The normalized spacial score (nSPS) is 12.9. The van der Waals surface area contributed by atoms with Gasteiger partial charge in [-0.1, -0.05) is 19.9 Å². The van der Waals surface area contributed by atoms with Crippen LogP contribution in [0.2, 0.25) is 0 Å². The van der Waals surface area contributed by atoms with Crippen molar-refractivity contribution in [2.45, 2.75) is 40.2 Å². The van der Waals surface area contributed by atoms with Crippen LogP contribution in [0.1, 0.15) is 53.4 Å². The van der Waals surface area contributed by atoms with Crippen molar-refractivity contribution in [2.75, 3.05) is 0 Å². The standard InChI is InChI=1S/C14H21NO/c1-9(2)5-14(15)13-7-10(3)12(8-16)6-11(13)4/h6-9,14H,5,15H2,1-4H3. The first kappa shape index (κ1) is 12.9. The number of rotatable bonds is 4. The highest BCUT2D eigenvalue weighted by molar-refractivity contribution is 5.77. The Kier molecular flexibility index (Phi) is 4.25. The summed E-state index contributed by atoms with van der Waals surface area (Å²) in [6.07, 6.45) is 1.88. The zero-order valence-corrected chi connectivity index (χ0v) is 10.6. The molecule has 0 saturated heterocycles. The number of aldehydes is 1. The first-order valence-electron chi connectivity index (χ1n) is 5.77. The molecule has 2 heteroatoms. The van der Waals surface area contributed by atoms with Gasteiger partial charge in [0.05, 0.1) is 0 Å². The van der Waals surface area contributed by atoms with Crippen LogP contribution in [0.15, 0.2) is 12.1 Å². The van der Waals surface area contributed by atoms with Gasteiger partial charge in [0.25, 0.3) is 0 Å². The number of hydrogen-bond acceptors (Lipinski definition) is 2. The Balaban J connectivity index is 3.05. The van der Waals surface area contributed by atoms with Gasteiger partial charge in [-0.05, 0) is 48.9 Å². The third-order valence-corrected chi connectivity index (χ3v) is 2.91. The highest BCUT2D eigenvalue weighted by Gasteiger charge is 2.12. The van der Waals surface area contributed by atoms with E-state index in [1.807, 2.05) is 26.0 Å². The van der Waals surface area contributed by atoms with Gasteiger partial charge in [0.15, 0.2) is 0 Å². The second kappa shape index (κ2) is 5.26. The van der Waals surface area contributed by atoms with Gasteiger partial charge in [-0.15, -0.1) is 0 Å². The quantitative estimate of drug-likeness (QED) is 0.790. The van der Waals surface area contributed by atoms with E-state index in [1.165, 1.54) is 0 Å². The number of aryl methyl sites for hydroxylation is 2. The van der Waals surface area contributed by atoms with Crippen molar-refractivity contribution >= 4 is 6.29 Å². The van der Waals surface area contributed by atoms with Crippen molar-refractivity contribution in [3.8, 4) is 0 Å². The van der Waals surface area contributed by atoms with E-state index >= 15 is 0 Å². The second-order valence-corrected chi connectivity index (χ2v) is 4.92. The van der Waals surface area contributed by atoms with Crippen LogP contribution in [-0.2, 0) is 0 Å². The molecule has 0 aliphatic rings. The topological polar surface area (TPSA) is 43.1 Å². The maximum absolute atomic E-state index is 10.8. The smallest absolute Gasteiger partial charge is 0.150 e. The second-order valence-electron chi connectivity index (χ2n) is 4.92. The Morgan fingerprint density at radius 1 is 1.25 bits per heavy atom. The van der Waals surface area contributed by atoms with Crippen LogP contribution in [0, 0.1) is 19.8 Å². The number of carbonyl (C=O) groups is 1. The Hall–Kier alpha value is -1.15. The number of hydrogen-bond donors (Lipinski definition) is 1. The van der Waals surface area contributed by atoms with E-state index < -0.39 is 0 Å². The van der Waals surface area contributed by atoms with Gasteiger partial charge in [0.2, 0.25) is 0 Å². The largest absolute Gasteiger partial charge is 0.324 e. The van der Waals surface area contributed by atoms with Gasteiger partial charge in [0, 0.05) is 11.6 Å². The molecule has 0 heterocycles. The van der Waals surface area contributed by atoms with Gasteiger partial charge in [-0.2, -0.15) is 0 Å². The lowest BCUT2D eigenvalue weighted by Crippen LogP contribution is -2.14. The summed E-state index contributed by atoms with van der Waals surface area (Å²) >= 11 is 0. The maximum Gasteiger partial charge on any atom is 0.150 e. The Labute approximate surface area is 97.9 Å². The highest BCUT2D eigenvalue weighted by Crippen LogP contribution is 2.24. The van der Waals surface area contributed by atoms with E-state index in [0.29, 0.717) is 5.92 Å². The molecule has 1 aromatic rings. The zero-order chi connectivity index (χ0) is 12.3. The van der Waals surface area contributed by atoms with Crippen LogP contribution in [0.4, 0.5) is 0 Å². The third-order valence-electron chi connectivity index (χ3n) is 2.91. The SMILES string of the molecule is Cc1cc(C(N)CC(C)C)c(C)cc1C=O. The summed E-state index contributed by atoms with van der Waals surface area (Å²) in [5.41, 5.74) is 10.2. The van der Waals surface area contributed by atoms with Crippen LogP contribution < -0.4 is 5.73 Å². The van der Waals surface area contributed by atoms with Gasteiger partial charge in [-0.3, -0.25) is 4.79 Å². The van der Waals surface area contributed by atoms with Crippen molar-refractivity contribution in [1.29, 1.82) is 0 Å². The number of nitrogens with two attached hydrogens (primary N) is 1. The van der Waals surface area contributed by atoms with Crippen molar-refractivity contribution in [2.24, 2.45) is 11.7 Å². The summed E-state index contributed by atoms with van der Waals surface area (Å²) in [5, 5.41) is 0. The van der Waals surface area contributed by atoms with Crippen molar-refractivity contribution in [1.82, 2.24) is 0 Å². The van der Waals surface area contributed by atoms with Gasteiger partial charge < -0.3 is 5.73 Å². The molecule has 1 aromatic carbocycles. The summed E-state index contributed by atoms with van der Waals surface area (Å²) in [5.74, 6) is 0.584. The molecule has 2 nitrogen and oxygen atoms in total. The molecule has 0 aliphatic carbocycles. The molecule has 0 saturated carbocycles. The highest BCUT2D eigenvalue weighted by atomic mass is 16.1. The van der Waals surface area contributed by atoms with Crippen LogP contribution in [0.5, 0.6) is 0 Å². The molecule has 1 unspecified atom stereocenters. The molecule has 1 atom stereocenters. The summed E-state index contributed by atoms with van der Waals surface area (Å²) in [6.45, 7) is 8.31. The number of carbonyl (C=O) groups excluding carboxylic acids is 1. The van der Waals surface area contributed by atoms with Crippen molar-refractivity contribution in [3.05, 3.63) is 34.4 Å². The fourth-order valence-corrected chi connectivity index (χ4v) is 2.02. The van der Waals surface area contributed by atoms with Crippen LogP contribution in [0.3, 0.4) is 0 Å². The van der Waals surface area contributed by atoms with Crippen LogP contribution >= 0.6 is 0 Å². The predicted molar refractivity (Wildman–Crippen MR) is 67.7 cm³/mol. The molecular weight excluding hydrogens is 198 g/mol. The Morgan fingerprint density at radius 3 is 2.38 bits per heavy atom. The summed E-state index contributed by atoms with van der Waals surface area (Å²) in [6, 6.07) is 4.05. The minimum atomic E-state index is 0.0689. The van der Waals surface area contributed by atoms with E-state index in [1.54, 1.807) is 0 Å². The Bertz CT molecular complexity index is 383. The molecule has 88 valence electrons. The molecule has 0 amide bonds. The molecule has 0 fully saturated rings. The summed E-state index contributed by atoms with van der Waals surface area (Å²) in [7, 11) is 0. The first-order chi connectivity index (χ1) is 7.45. The average Bonchev–Trinajstić information content (AvgIpc) is 2.19. The minimum absolute atomic E-state index is 0.0689. The Morgan fingerprint density at radius 2 is 1.88 bits per heavy atom. The predicted octanol–water partition coefficient (Wildman–Crippen LogP) is 3.16. The maximum atomic E-state index is 10.8. The molecule has 0 aromatic heterocycles. The van der Waals surface area contributed by atoms with Crippen molar-refractivity contribution < 1.29 is 4.79 Å². The molecule has 2 N–H and O–H groups in total. The third kappa shape index (κ3) is 2.92. The summed E-state index contributed by atoms with van der Waals surface area (Å²) < 4.78 is 0. The van der Waals surface area contributed by atoms with Gasteiger partial charge in [-0.25, -0.2) is 0 Å². The van der Waals surface area contributed by atoms with Crippen LogP contribution in [-0.4, -0.2) is 6.29 Å². The lowest BCUT2D eigenvalue weighted by Gasteiger charge is -2.18. The first-order valence-corrected chi connectivity index (χ1v) is 5.77. The fourth-order valence-electron chi connectivity index (χ4n) is 2.02. The van der Waals surface area contributed by atoms with Gasteiger partial charge in [0.1, 0.15) is 6.29 Å². The molecule has 1 rings (SSSR count).